The molecule has 24 heavy (non-hydrogen) atoms. The molecular formula is C15H20N6O3. The lowest BCUT2D eigenvalue weighted by Crippen LogP contribution is -2.42. The molecule has 9 nitrogen and oxygen atoms in total. The van der Waals surface area contributed by atoms with Crippen LogP contribution < -0.4 is 0 Å². The van der Waals surface area contributed by atoms with Gasteiger partial charge in [-0.25, -0.2) is 4.98 Å². The highest BCUT2D eigenvalue weighted by atomic mass is 16.5. The number of rotatable bonds is 5. The Labute approximate surface area is 138 Å². The third kappa shape index (κ3) is 3.30. The van der Waals surface area contributed by atoms with Crippen LogP contribution in [0.3, 0.4) is 0 Å². The van der Waals surface area contributed by atoms with Gasteiger partial charge in [-0.05, 0) is 19.8 Å². The zero-order valence-corrected chi connectivity index (χ0v) is 13.6. The number of nitrogens with zero attached hydrogens (tertiary/aromatic N) is 5. The molecule has 2 aromatic rings. The molecule has 2 aliphatic rings. The van der Waals surface area contributed by atoms with Gasteiger partial charge in [-0.3, -0.25) is 9.89 Å². The van der Waals surface area contributed by atoms with Crippen molar-refractivity contribution in [3.05, 3.63) is 23.4 Å². The van der Waals surface area contributed by atoms with Crippen molar-refractivity contribution in [3.63, 3.8) is 0 Å². The summed E-state index contributed by atoms with van der Waals surface area (Å²) in [6.45, 7) is 3.36. The molecule has 1 aliphatic heterocycles. The number of nitrogens with one attached hydrogen (secondary N) is 1. The van der Waals surface area contributed by atoms with E-state index in [9.17, 15) is 4.79 Å². The average Bonchev–Trinajstić information content (AvgIpc) is 3.18. The van der Waals surface area contributed by atoms with Crippen molar-refractivity contribution in [2.75, 3.05) is 19.7 Å². The summed E-state index contributed by atoms with van der Waals surface area (Å²) in [5, 5.41) is 10.9. The Hall–Kier alpha value is -2.29. The molecule has 1 unspecified atom stereocenters. The molecule has 1 aliphatic carbocycles. The molecular weight excluding hydrogens is 312 g/mol. The van der Waals surface area contributed by atoms with Crippen LogP contribution in [-0.2, 0) is 16.0 Å². The third-order valence-electron chi connectivity index (χ3n) is 4.30. The number of morpholine rings is 1. The Morgan fingerprint density at radius 2 is 2.21 bits per heavy atom. The Morgan fingerprint density at radius 1 is 1.33 bits per heavy atom. The molecule has 2 fully saturated rings. The molecule has 1 atom stereocenters. The van der Waals surface area contributed by atoms with Gasteiger partial charge in [0.25, 0.3) is 0 Å². The van der Waals surface area contributed by atoms with Gasteiger partial charge in [-0.15, -0.1) is 0 Å². The maximum absolute atomic E-state index is 12.4. The van der Waals surface area contributed by atoms with E-state index in [0.717, 1.165) is 24.5 Å². The van der Waals surface area contributed by atoms with Crippen molar-refractivity contribution >= 4 is 5.91 Å². The largest absolute Gasteiger partial charge is 0.366 e. The summed E-state index contributed by atoms with van der Waals surface area (Å²) >= 11 is 0. The van der Waals surface area contributed by atoms with E-state index in [1.165, 1.54) is 0 Å². The lowest BCUT2D eigenvalue weighted by molar-refractivity contribution is -0.139. The van der Waals surface area contributed by atoms with Crippen molar-refractivity contribution in [2.24, 2.45) is 0 Å². The first-order valence-corrected chi connectivity index (χ1v) is 8.30. The molecule has 1 N–H and O–H groups in total. The molecule has 0 radical (unpaired) electrons. The summed E-state index contributed by atoms with van der Waals surface area (Å²) in [5.41, 5.74) is 0. The first-order valence-electron chi connectivity index (χ1n) is 8.30. The van der Waals surface area contributed by atoms with Gasteiger partial charge < -0.3 is 14.2 Å². The number of aryl methyl sites for hydroxylation is 2. The highest BCUT2D eigenvalue weighted by molar-refractivity contribution is 5.76. The molecule has 1 saturated carbocycles. The van der Waals surface area contributed by atoms with Gasteiger partial charge in [0.05, 0.1) is 13.2 Å². The Morgan fingerprint density at radius 3 is 2.96 bits per heavy atom. The van der Waals surface area contributed by atoms with Gasteiger partial charge in [0.15, 0.2) is 11.6 Å². The average molecular weight is 332 g/mol. The summed E-state index contributed by atoms with van der Waals surface area (Å²) in [6, 6.07) is 0. The highest BCUT2D eigenvalue weighted by Crippen LogP contribution is 2.38. The summed E-state index contributed by atoms with van der Waals surface area (Å²) in [7, 11) is 0. The van der Waals surface area contributed by atoms with E-state index >= 15 is 0 Å². The Bertz CT molecular complexity index is 722. The van der Waals surface area contributed by atoms with Gasteiger partial charge in [-0.2, -0.15) is 10.1 Å². The van der Waals surface area contributed by atoms with E-state index in [-0.39, 0.29) is 12.0 Å². The van der Waals surface area contributed by atoms with E-state index < -0.39 is 0 Å². The minimum atomic E-state index is -0.280. The molecule has 3 heterocycles. The van der Waals surface area contributed by atoms with Crippen molar-refractivity contribution < 1.29 is 14.1 Å². The number of hydrogen-bond donors (Lipinski definition) is 1. The highest BCUT2D eigenvalue weighted by Gasteiger charge is 2.30. The van der Waals surface area contributed by atoms with Gasteiger partial charge in [0.1, 0.15) is 11.9 Å². The topological polar surface area (TPSA) is 110 Å². The van der Waals surface area contributed by atoms with Gasteiger partial charge in [0.2, 0.25) is 11.8 Å². The van der Waals surface area contributed by atoms with Crippen LogP contribution in [0.5, 0.6) is 0 Å². The number of amides is 1. The van der Waals surface area contributed by atoms with E-state index in [1.807, 2.05) is 6.92 Å². The van der Waals surface area contributed by atoms with Crippen LogP contribution in [0.1, 0.15) is 54.6 Å². The van der Waals surface area contributed by atoms with Crippen molar-refractivity contribution in [3.8, 4) is 0 Å². The van der Waals surface area contributed by atoms with Gasteiger partial charge in [0, 0.05) is 25.3 Å². The Kier molecular flexibility index (Phi) is 4.01. The maximum atomic E-state index is 12.4. The monoisotopic (exact) mass is 332 g/mol. The number of carbonyl (C=O) groups excluding carboxylic acids is 1. The van der Waals surface area contributed by atoms with Crippen LogP contribution in [0, 0.1) is 6.92 Å². The summed E-state index contributed by atoms with van der Waals surface area (Å²) in [4.78, 5) is 22.9. The second-order valence-electron chi connectivity index (χ2n) is 6.30. The Balaban J connectivity index is 1.31. The maximum Gasteiger partial charge on any atom is 0.227 e. The van der Waals surface area contributed by atoms with Crippen LogP contribution in [0.25, 0.3) is 0 Å². The lowest BCUT2D eigenvalue weighted by Gasteiger charge is -2.31. The molecule has 2 aromatic heterocycles. The quantitative estimate of drug-likeness (QED) is 0.866. The SMILES string of the molecule is Cc1nc(C2CN(C(=O)CCc3nc(C4CC4)no3)CCO2)n[nH]1. The minimum absolute atomic E-state index is 0.0572. The predicted molar refractivity (Wildman–Crippen MR) is 81.0 cm³/mol. The predicted octanol–water partition coefficient (Wildman–Crippen LogP) is 0.906. The van der Waals surface area contributed by atoms with Crippen molar-refractivity contribution in [1.82, 2.24) is 30.2 Å². The number of hydrogen-bond acceptors (Lipinski definition) is 7. The number of aromatic amines is 1. The molecule has 9 heteroatoms. The fraction of sp³-hybridized carbons (Fsp3) is 0.667. The number of H-pyrrole nitrogens is 1. The fourth-order valence-corrected chi connectivity index (χ4v) is 2.78. The second kappa shape index (κ2) is 6.31. The summed E-state index contributed by atoms with van der Waals surface area (Å²) in [5.74, 6) is 3.17. The van der Waals surface area contributed by atoms with Gasteiger partial charge >= 0.3 is 0 Å². The molecule has 0 aromatic carbocycles. The van der Waals surface area contributed by atoms with Gasteiger partial charge in [-0.1, -0.05) is 5.16 Å². The first-order chi connectivity index (χ1) is 11.7. The molecule has 128 valence electrons. The molecule has 4 rings (SSSR count). The second-order valence-corrected chi connectivity index (χ2v) is 6.30. The number of carbonyl (C=O) groups is 1. The minimum Gasteiger partial charge on any atom is -0.366 e. The summed E-state index contributed by atoms with van der Waals surface area (Å²) in [6.07, 6.45) is 2.81. The van der Waals surface area contributed by atoms with Crippen LogP contribution in [0.15, 0.2) is 4.52 Å². The number of aromatic nitrogens is 5. The normalized spacial score (nSPS) is 21.2. The van der Waals surface area contributed by atoms with Crippen LogP contribution in [0.2, 0.25) is 0 Å². The smallest absolute Gasteiger partial charge is 0.227 e. The third-order valence-corrected chi connectivity index (χ3v) is 4.30. The lowest BCUT2D eigenvalue weighted by atomic mass is 10.2. The standard InChI is InChI=1S/C15H20N6O3/c1-9-16-15(19-18-9)11-8-21(6-7-23-11)13(22)5-4-12-17-14(20-24-12)10-2-3-10/h10-11H,2-8H2,1H3,(H,16,18,19). The van der Waals surface area contributed by atoms with E-state index in [2.05, 4.69) is 25.3 Å². The zero-order valence-electron chi connectivity index (χ0n) is 13.6. The van der Waals surface area contributed by atoms with Crippen LogP contribution in [0.4, 0.5) is 0 Å². The van der Waals surface area contributed by atoms with Crippen LogP contribution in [-0.4, -0.2) is 55.8 Å². The number of ether oxygens (including phenoxy) is 1. The molecule has 1 saturated heterocycles. The van der Waals surface area contributed by atoms with Crippen LogP contribution >= 0.6 is 0 Å². The zero-order chi connectivity index (χ0) is 16.5. The molecule has 0 bridgehead atoms. The van der Waals surface area contributed by atoms with Crippen molar-refractivity contribution in [2.45, 2.75) is 44.6 Å². The van der Waals surface area contributed by atoms with E-state index in [1.54, 1.807) is 4.90 Å². The van der Waals surface area contributed by atoms with E-state index in [0.29, 0.717) is 50.2 Å². The molecule has 0 spiro atoms. The van der Waals surface area contributed by atoms with E-state index in [4.69, 9.17) is 9.26 Å². The fourth-order valence-electron chi connectivity index (χ4n) is 2.78. The molecule has 1 amide bonds. The van der Waals surface area contributed by atoms with Crippen molar-refractivity contribution in [1.29, 1.82) is 0 Å². The first kappa shape index (κ1) is 15.3. The summed E-state index contributed by atoms with van der Waals surface area (Å²) < 4.78 is 10.9.